The molecule has 2 aromatic rings. The molecule has 1 amide bonds. The molecule has 0 saturated heterocycles. The number of aryl methyl sites for hydroxylation is 2. The van der Waals surface area contributed by atoms with E-state index in [1.165, 1.54) is 11.1 Å². The normalized spacial score (nSPS) is 13.8. The van der Waals surface area contributed by atoms with Crippen molar-refractivity contribution in [2.45, 2.75) is 26.7 Å². The largest absolute Gasteiger partial charge is 0.356 e. The minimum Gasteiger partial charge on any atom is -0.356 e. The van der Waals surface area contributed by atoms with E-state index in [0.29, 0.717) is 0 Å². The highest BCUT2D eigenvalue weighted by atomic mass is 16.2. The molecule has 0 unspecified atom stereocenters. The Morgan fingerprint density at radius 1 is 0.905 bits per heavy atom. The van der Waals surface area contributed by atoms with Crippen LogP contribution in [0.5, 0.6) is 0 Å². The fourth-order valence-electron chi connectivity index (χ4n) is 2.21. The second-order valence-corrected chi connectivity index (χ2v) is 5.76. The molecule has 0 radical (unpaired) electrons. The lowest BCUT2D eigenvalue weighted by Crippen LogP contribution is -2.13. The van der Waals surface area contributed by atoms with Gasteiger partial charge < -0.3 is 10.6 Å². The van der Waals surface area contributed by atoms with Crippen LogP contribution in [-0.4, -0.2) is 5.91 Å². The van der Waals surface area contributed by atoms with Gasteiger partial charge in [0.05, 0.1) is 0 Å². The summed E-state index contributed by atoms with van der Waals surface area (Å²) in [5.74, 6) is 0.378. The lowest BCUT2D eigenvalue weighted by atomic mass is 10.1. The third kappa shape index (κ3) is 3.43. The van der Waals surface area contributed by atoms with Crippen LogP contribution in [0.3, 0.4) is 0 Å². The molecule has 0 heterocycles. The third-order valence-electron chi connectivity index (χ3n) is 3.90. The van der Waals surface area contributed by atoms with E-state index < -0.39 is 0 Å². The fraction of sp³-hybridized carbons (Fsp3) is 0.278. The summed E-state index contributed by atoms with van der Waals surface area (Å²) in [4.78, 5) is 11.7. The topological polar surface area (TPSA) is 41.1 Å². The first-order chi connectivity index (χ1) is 10.1. The molecule has 1 fully saturated rings. The third-order valence-corrected chi connectivity index (χ3v) is 3.90. The van der Waals surface area contributed by atoms with Crippen LogP contribution in [0.4, 0.5) is 17.1 Å². The summed E-state index contributed by atoms with van der Waals surface area (Å²) in [6.45, 7) is 4.22. The maximum atomic E-state index is 11.7. The van der Waals surface area contributed by atoms with Crippen LogP contribution in [0.2, 0.25) is 0 Å². The van der Waals surface area contributed by atoms with Gasteiger partial charge in [-0.2, -0.15) is 0 Å². The minimum absolute atomic E-state index is 0.143. The Hall–Kier alpha value is -2.29. The van der Waals surface area contributed by atoms with E-state index in [1.54, 1.807) is 0 Å². The van der Waals surface area contributed by atoms with Crippen LogP contribution in [0.15, 0.2) is 42.5 Å². The number of benzene rings is 2. The fourth-order valence-corrected chi connectivity index (χ4v) is 2.21. The van der Waals surface area contributed by atoms with Gasteiger partial charge in [0.1, 0.15) is 0 Å². The van der Waals surface area contributed by atoms with Crippen LogP contribution >= 0.6 is 0 Å². The maximum absolute atomic E-state index is 11.7. The van der Waals surface area contributed by atoms with Crippen LogP contribution in [0.1, 0.15) is 24.0 Å². The van der Waals surface area contributed by atoms with Crippen LogP contribution in [-0.2, 0) is 4.79 Å². The Kier molecular flexibility index (Phi) is 3.65. The first-order valence-electron chi connectivity index (χ1n) is 7.37. The van der Waals surface area contributed by atoms with Gasteiger partial charge in [0, 0.05) is 23.0 Å². The molecule has 1 saturated carbocycles. The zero-order chi connectivity index (χ0) is 14.8. The Morgan fingerprint density at radius 3 is 2.14 bits per heavy atom. The molecule has 0 aliphatic heterocycles. The molecule has 1 aliphatic rings. The standard InChI is InChI=1S/C18H20N2O/c1-12-3-6-17(11-13(12)2)19-15-7-9-16(10-8-15)20-18(21)14-4-5-14/h3,6-11,14,19H,4-5H2,1-2H3,(H,20,21). The molecule has 1 aliphatic carbocycles. The number of carbonyl (C=O) groups excluding carboxylic acids is 1. The highest BCUT2D eigenvalue weighted by Crippen LogP contribution is 2.30. The van der Waals surface area contributed by atoms with Gasteiger partial charge in [-0.05, 0) is 74.2 Å². The zero-order valence-electron chi connectivity index (χ0n) is 12.4. The second-order valence-electron chi connectivity index (χ2n) is 5.76. The van der Waals surface area contributed by atoms with E-state index in [1.807, 2.05) is 24.3 Å². The number of carbonyl (C=O) groups is 1. The molecular formula is C18H20N2O. The quantitative estimate of drug-likeness (QED) is 0.871. The summed E-state index contributed by atoms with van der Waals surface area (Å²) >= 11 is 0. The van der Waals surface area contributed by atoms with Crippen LogP contribution < -0.4 is 10.6 Å². The molecule has 2 aromatic carbocycles. The Bertz CT molecular complexity index is 657. The van der Waals surface area contributed by atoms with Crippen molar-refractivity contribution in [2.24, 2.45) is 5.92 Å². The van der Waals surface area contributed by atoms with Crippen LogP contribution in [0.25, 0.3) is 0 Å². The predicted octanol–water partition coefficient (Wildman–Crippen LogP) is 4.40. The number of nitrogens with one attached hydrogen (secondary N) is 2. The van der Waals surface area contributed by atoms with Gasteiger partial charge in [0.25, 0.3) is 0 Å². The molecule has 0 bridgehead atoms. The summed E-state index contributed by atoms with van der Waals surface area (Å²) in [5.41, 5.74) is 5.51. The number of amides is 1. The highest BCUT2D eigenvalue weighted by molar-refractivity contribution is 5.94. The van der Waals surface area contributed by atoms with Crippen molar-refractivity contribution >= 4 is 23.0 Å². The molecule has 2 N–H and O–H groups in total. The molecule has 0 atom stereocenters. The first-order valence-corrected chi connectivity index (χ1v) is 7.37. The first kappa shape index (κ1) is 13.7. The monoisotopic (exact) mass is 280 g/mol. The Labute approximate surface area is 125 Å². The molecule has 3 rings (SSSR count). The van der Waals surface area contributed by atoms with Gasteiger partial charge in [-0.1, -0.05) is 6.07 Å². The summed E-state index contributed by atoms with van der Waals surface area (Å²) in [5, 5.41) is 6.32. The Balaban J connectivity index is 1.65. The van der Waals surface area contributed by atoms with E-state index >= 15 is 0 Å². The lowest BCUT2D eigenvalue weighted by molar-refractivity contribution is -0.117. The smallest absolute Gasteiger partial charge is 0.227 e. The number of rotatable bonds is 4. The summed E-state index contributed by atoms with van der Waals surface area (Å²) < 4.78 is 0. The predicted molar refractivity (Wildman–Crippen MR) is 87.0 cm³/mol. The van der Waals surface area contributed by atoms with E-state index in [9.17, 15) is 4.79 Å². The van der Waals surface area contributed by atoms with Gasteiger partial charge >= 0.3 is 0 Å². The SMILES string of the molecule is Cc1ccc(Nc2ccc(NC(=O)C3CC3)cc2)cc1C. The zero-order valence-corrected chi connectivity index (χ0v) is 12.4. The van der Waals surface area contributed by atoms with Crippen LogP contribution in [0, 0.1) is 19.8 Å². The summed E-state index contributed by atoms with van der Waals surface area (Å²) in [7, 11) is 0. The van der Waals surface area contributed by atoms with Crippen molar-refractivity contribution in [3.8, 4) is 0 Å². The molecule has 3 nitrogen and oxygen atoms in total. The molecular weight excluding hydrogens is 260 g/mol. The van der Waals surface area contributed by atoms with E-state index in [-0.39, 0.29) is 11.8 Å². The maximum Gasteiger partial charge on any atom is 0.227 e. The lowest BCUT2D eigenvalue weighted by Gasteiger charge is -2.10. The molecule has 108 valence electrons. The molecule has 21 heavy (non-hydrogen) atoms. The second kappa shape index (κ2) is 5.60. The molecule has 3 heteroatoms. The van der Waals surface area contributed by atoms with E-state index in [2.05, 4.69) is 42.7 Å². The van der Waals surface area contributed by atoms with E-state index in [0.717, 1.165) is 29.9 Å². The number of hydrogen-bond acceptors (Lipinski definition) is 2. The number of hydrogen-bond donors (Lipinski definition) is 2. The average molecular weight is 280 g/mol. The van der Waals surface area contributed by atoms with Gasteiger partial charge in [-0.15, -0.1) is 0 Å². The van der Waals surface area contributed by atoms with Gasteiger partial charge in [0.15, 0.2) is 0 Å². The summed E-state index contributed by atoms with van der Waals surface area (Å²) in [6, 6.07) is 14.2. The van der Waals surface area contributed by atoms with Crippen molar-refractivity contribution < 1.29 is 4.79 Å². The minimum atomic E-state index is 0.143. The average Bonchev–Trinajstić information content (AvgIpc) is 3.30. The molecule has 0 spiro atoms. The highest BCUT2D eigenvalue weighted by Gasteiger charge is 2.29. The van der Waals surface area contributed by atoms with Crippen molar-refractivity contribution in [1.29, 1.82) is 0 Å². The van der Waals surface area contributed by atoms with Crippen molar-refractivity contribution in [1.82, 2.24) is 0 Å². The Morgan fingerprint density at radius 2 is 1.52 bits per heavy atom. The van der Waals surface area contributed by atoms with Crippen molar-refractivity contribution in [2.75, 3.05) is 10.6 Å². The number of anilines is 3. The van der Waals surface area contributed by atoms with Gasteiger partial charge in [-0.3, -0.25) is 4.79 Å². The van der Waals surface area contributed by atoms with Crippen molar-refractivity contribution in [3.05, 3.63) is 53.6 Å². The van der Waals surface area contributed by atoms with E-state index in [4.69, 9.17) is 0 Å². The summed E-state index contributed by atoms with van der Waals surface area (Å²) in [6.07, 6.45) is 2.05. The molecule has 0 aromatic heterocycles. The van der Waals surface area contributed by atoms with Crippen molar-refractivity contribution in [3.63, 3.8) is 0 Å². The van der Waals surface area contributed by atoms with Gasteiger partial charge in [-0.25, -0.2) is 0 Å². The van der Waals surface area contributed by atoms with Gasteiger partial charge in [0.2, 0.25) is 5.91 Å².